The standard InChI is InChI=1S/C10H22N2O2/c1-8-5-12(6-9(2)14-8)10(4-11)7-13-3/h8-10H,4-7,11H2,1-3H3/t8-,9+,10?. The molecule has 0 aromatic carbocycles. The smallest absolute Gasteiger partial charge is 0.0678 e. The maximum absolute atomic E-state index is 5.72. The second kappa shape index (κ2) is 5.66. The quantitative estimate of drug-likeness (QED) is 0.701. The third-order valence-electron chi connectivity index (χ3n) is 2.60. The third-order valence-corrected chi connectivity index (χ3v) is 2.60. The Morgan fingerprint density at radius 3 is 2.43 bits per heavy atom. The van der Waals surface area contributed by atoms with Crippen molar-refractivity contribution in [2.75, 3.05) is 33.4 Å². The lowest BCUT2D eigenvalue weighted by molar-refractivity contribution is -0.0860. The fourth-order valence-electron chi connectivity index (χ4n) is 2.03. The molecule has 1 aliphatic rings. The van der Waals surface area contributed by atoms with E-state index in [1.54, 1.807) is 7.11 Å². The molecule has 1 aliphatic heterocycles. The number of rotatable bonds is 4. The summed E-state index contributed by atoms with van der Waals surface area (Å²) in [7, 11) is 1.72. The summed E-state index contributed by atoms with van der Waals surface area (Å²) in [5.41, 5.74) is 5.72. The van der Waals surface area contributed by atoms with Gasteiger partial charge in [-0.25, -0.2) is 0 Å². The van der Waals surface area contributed by atoms with Crippen LogP contribution in [0.1, 0.15) is 13.8 Å². The average Bonchev–Trinajstić information content (AvgIpc) is 2.12. The molecule has 0 amide bonds. The van der Waals surface area contributed by atoms with E-state index >= 15 is 0 Å². The van der Waals surface area contributed by atoms with Crippen molar-refractivity contribution in [3.05, 3.63) is 0 Å². The van der Waals surface area contributed by atoms with Gasteiger partial charge in [-0.1, -0.05) is 0 Å². The molecule has 3 atom stereocenters. The predicted octanol–water partition coefficient (Wildman–Crippen LogP) is 0.0693. The molecule has 0 bridgehead atoms. The summed E-state index contributed by atoms with van der Waals surface area (Å²) in [5.74, 6) is 0. The van der Waals surface area contributed by atoms with Crippen LogP contribution in [0.25, 0.3) is 0 Å². The van der Waals surface area contributed by atoms with Crippen LogP contribution in [-0.4, -0.2) is 56.5 Å². The summed E-state index contributed by atoms with van der Waals surface area (Å²) in [5, 5.41) is 0. The van der Waals surface area contributed by atoms with Crippen LogP contribution in [0.4, 0.5) is 0 Å². The molecule has 4 nitrogen and oxygen atoms in total. The van der Waals surface area contributed by atoms with E-state index in [1.165, 1.54) is 0 Å². The maximum atomic E-state index is 5.72. The Kier molecular flexibility index (Phi) is 4.81. The van der Waals surface area contributed by atoms with Gasteiger partial charge >= 0.3 is 0 Å². The summed E-state index contributed by atoms with van der Waals surface area (Å²) >= 11 is 0. The Balaban J connectivity index is 2.47. The maximum Gasteiger partial charge on any atom is 0.0678 e. The van der Waals surface area contributed by atoms with E-state index in [1.807, 2.05) is 0 Å². The van der Waals surface area contributed by atoms with Gasteiger partial charge in [0.25, 0.3) is 0 Å². The van der Waals surface area contributed by atoms with Gasteiger partial charge in [0.05, 0.1) is 18.8 Å². The number of ether oxygens (including phenoxy) is 2. The van der Waals surface area contributed by atoms with Crippen LogP contribution < -0.4 is 5.73 Å². The van der Waals surface area contributed by atoms with Gasteiger partial charge in [-0.2, -0.15) is 0 Å². The Bertz CT molecular complexity index is 156. The van der Waals surface area contributed by atoms with Crippen molar-refractivity contribution < 1.29 is 9.47 Å². The molecule has 84 valence electrons. The van der Waals surface area contributed by atoms with Crippen molar-refractivity contribution in [3.8, 4) is 0 Å². The normalized spacial score (nSPS) is 31.7. The number of nitrogens with zero attached hydrogens (tertiary/aromatic N) is 1. The van der Waals surface area contributed by atoms with Crippen LogP contribution in [0.5, 0.6) is 0 Å². The lowest BCUT2D eigenvalue weighted by Crippen LogP contribution is -2.53. The van der Waals surface area contributed by atoms with Crippen LogP contribution in [0, 0.1) is 0 Å². The van der Waals surface area contributed by atoms with Crippen molar-refractivity contribution >= 4 is 0 Å². The molecular formula is C10H22N2O2. The van der Waals surface area contributed by atoms with Gasteiger partial charge in [-0.05, 0) is 13.8 Å². The highest BCUT2D eigenvalue weighted by Gasteiger charge is 2.26. The monoisotopic (exact) mass is 202 g/mol. The van der Waals surface area contributed by atoms with Gasteiger partial charge in [0.15, 0.2) is 0 Å². The molecule has 1 fully saturated rings. The van der Waals surface area contributed by atoms with Gasteiger partial charge in [0.1, 0.15) is 0 Å². The third kappa shape index (κ3) is 3.20. The lowest BCUT2D eigenvalue weighted by Gasteiger charge is -2.39. The second-order valence-electron chi connectivity index (χ2n) is 4.06. The van der Waals surface area contributed by atoms with Crippen molar-refractivity contribution in [3.63, 3.8) is 0 Å². The van der Waals surface area contributed by atoms with Gasteiger partial charge in [-0.3, -0.25) is 4.90 Å². The molecule has 1 rings (SSSR count). The van der Waals surface area contributed by atoms with Crippen LogP contribution in [0.3, 0.4) is 0 Å². The Morgan fingerprint density at radius 2 is 2.00 bits per heavy atom. The molecule has 0 aromatic heterocycles. The van der Waals surface area contributed by atoms with E-state index in [0.717, 1.165) is 13.1 Å². The Morgan fingerprint density at radius 1 is 1.43 bits per heavy atom. The molecule has 4 heteroatoms. The van der Waals surface area contributed by atoms with Gasteiger partial charge in [0.2, 0.25) is 0 Å². The number of hydrogen-bond donors (Lipinski definition) is 1. The first kappa shape index (κ1) is 11.9. The largest absolute Gasteiger partial charge is 0.383 e. The van der Waals surface area contributed by atoms with Crippen LogP contribution in [0.15, 0.2) is 0 Å². The van der Waals surface area contributed by atoms with E-state index in [2.05, 4.69) is 18.7 Å². The summed E-state index contributed by atoms with van der Waals surface area (Å²) in [4.78, 5) is 2.36. The average molecular weight is 202 g/mol. The minimum atomic E-state index is 0.296. The first-order valence-electron chi connectivity index (χ1n) is 5.25. The molecule has 1 unspecified atom stereocenters. The zero-order chi connectivity index (χ0) is 10.6. The molecule has 0 radical (unpaired) electrons. The fraction of sp³-hybridized carbons (Fsp3) is 1.00. The van der Waals surface area contributed by atoms with Crippen molar-refractivity contribution in [2.24, 2.45) is 5.73 Å². The van der Waals surface area contributed by atoms with Crippen molar-refractivity contribution in [1.82, 2.24) is 4.90 Å². The van der Waals surface area contributed by atoms with Crippen LogP contribution in [-0.2, 0) is 9.47 Å². The lowest BCUT2D eigenvalue weighted by atomic mass is 10.1. The molecule has 0 saturated carbocycles. The zero-order valence-electron chi connectivity index (χ0n) is 9.40. The van der Waals surface area contributed by atoms with Crippen molar-refractivity contribution in [1.29, 1.82) is 0 Å². The summed E-state index contributed by atoms with van der Waals surface area (Å²) in [6, 6.07) is 0.328. The summed E-state index contributed by atoms with van der Waals surface area (Å²) < 4.78 is 10.8. The molecule has 2 N–H and O–H groups in total. The molecular weight excluding hydrogens is 180 g/mol. The topological polar surface area (TPSA) is 47.7 Å². The van der Waals surface area contributed by atoms with Gasteiger partial charge < -0.3 is 15.2 Å². The summed E-state index contributed by atoms with van der Waals surface area (Å²) in [6.07, 6.45) is 0.592. The van der Waals surface area contributed by atoms with Crippen LogP contribution >= 0.6 is 0 Å². The SMILES string of the molecule is COCC(CN)N1C[C@@H](C)O[C@@H](C)C1. The molecule has 0 spiro atoms. The second-order valence-corrected chi connectivity index (χ2v) is 4.06. The van der Waals surface area contributed by atoms with E-state index in [0.29, 0.717) is 31.4 Å². The van der Waals surface area contributed by atoms with Gasteiger partial charge in [-0.15, -0.1) is 0 Å². The molecule has 0 aliphatic carbocycles. The van der Waals surface area contributed by atoms with E-state index in [4.69, 9.17) is 15.2 Å². The van der Waals surface area contributed by atoms with Gasteiger partial charge in [0, 0.05) is 32.8 Å². The highest BCUT2D eigenvalue weighted by Crippen LogP contribution is 2.13. The van der Waals surface area contributed by atoms with Crippen molar-refractivity contribution in [2.45, 2.75) is 32.1 Å². The fourth-order valence-corrected chi connectivity index (χ4v) is 2.03. The number of morpholine rings is 1. The molecule has 1 heterocycles. The Labute approximate surface area is 86.3 Å². The number of nitrogens with two attached hydrogens (primary N) is 1. The molecule has 0 aromatic rings. The van der Waals surface area contributed by atoms with E-state index in [-0.39, 0.29) is 0 Å². The number of methoxy groups -OCH3 is 1. The highest BCUT2D eigenvalue weighted by molar-refractivity contribution is 4.80. The predicted molar refractivity (Wildman–Crippen MR) is 56.3 cm³/mol. The van der Waals surface area contributed by atoms with E-state index in [9.17, 15) is 0 Å². The molecule has 1 saturated heterocycles. The first-order chi connectivity index (χ1) is 6.67. The zero-order valence-corrected chi connectivity index (χ0v) is 9.40. The minimum Gasteiger partial charge on any atom is -0.383 e. The highest BCUT2D eigenvalue weighted by atomic mass is 16.5. The van der Waals surface area contributed by atoms with E-state index < -0.39 is 0 Å². The number of hydrogen-bond acceptors (Lipinski definition) is 4. The Hall–Kier alpha value is -0.160. The first-order valence-corrected chi connectivity index (χ1v) is 5.25. The minimum absolute atomic E-state index is 0.296. The van der Waals surface area contributed by atoms with Crippen LogP contribution in [0.2, 0.25) is 0 Å². The summed E-state index contributed by atoms with van der Waals surface area (Å²) in [6.45, 7) is 7.46. The molecule has 14 heavy (non-hydrogen) atoms.